The second-order valence-electron chi connectivity index (χ2n) is 3.11. The minimum atomic E-state index is -0.237. The Hall–Kier alpha value is -0.600. The highest BCUT2D eigenvalue weighted by atomic mass is 16.5. The molecular formula is C8H13NO. The van der Waals surface area contributed by atoms with Crippen LogP contribution in [0.3, 0.4) is 0 Å². The molecule has 10 heavy (non-hydrogen) atoms. The van der Waals surface area contributed by atoms with E-state index in [9.17, 15) is 5.21 Å². The molecule has 0 aromatic heterocycles. The highest BCUT2D eigenvalue weighted by molar-refractivity contribution is 5.24. The minimum absolute atomic E-state index is 0.237. The van der Waals surface area contributed by atoms with E-state index < -0.39 is 0 Å². The van der Waals surface area contributed by atoms with E-state index in [-0.39, 0.29) is 5.54 Å². The van der Waals surface area contributed by atoms with Gasteiger partial charge in [-0.15, -0.1) is 0 Å². The number of hydroxylamine groups is 1. The van der Waals surface area contributed by atoms with E-state index in [0.29, 0.717) is 0 Å². The molecule has 0 bridgehead atoms. The van der Waals surface area contributed by atoms with Crippen molar-refractivity contribution in [1.29, 1.82) is 0 Å². The molecule has 0 heterocycles. The van der Waals surface area contributed by atoms with Gasteiger partial charge in [-0.25, -0.2) is 0 Å². The molecule has 0 saturated heterocycles. The summed E-state index contributed by atoms with van der Waals surface area (Å²) in [6.07, 6.45) is 6.90. The Kier molecular flexibility index (Phi) is 1.92. The third kappa shape index (κ3) is 1.46. The maximum absolute atomic E-state index is 10.5. The van der Waals surface area contributed by atoms with Crippen molar-refractivity contribution in [2.45, 2.75) is 25.8 Å². The van der Waals surface area contributed by atoms with Crippen molar-refractivity contribution in [3.63, 3.8) is 0 Å². The summed E-state index contributed by atoms with van der Waals surface area (Å²) in [7, 11) is 0. The number of hydrogen-bond acceptors (Lipinski definition) is 1. The molecule has 2 heteroatoms. The standard InChI is InChI=1S/C8H13NO/c1-7-3-5-8(2,9-10)6-4-7/h3-5H,6,9H2,1-2H3. The molecule has 0 radical (unpaired) electrons. The Morgan fingerprint density at radius 3 is 2.80 bits per heavy atom. The molecule has 1 aliphatic carbocycles. The largest absolute Gasteiger partial charge is 0.635 e. The highest BCUT2D eigenvalue weighted by Crippen LogP contribution is 2.15. The molecule has 1 rings (SSSR count). The Morgan fingerprint density at radius 2 is 2.40 bits per heavy atom. The first kappa shape index (κ1) is 7.51. The van der Waals surface area contributed by atoms with Gasteiger partial charge in [-0.05, 0) is 19.9 Å². The van der Waals surface area contributed by atoms with Gasteiger partial charge in [-0.1, -0.05) is 17.7 Å². The Balaban J connectivity index is 2.67. The van der Waals surface area contributed by atoms with Gasteiger partial charge in [0.25, 0.3) is 0 Å². The van der Waals surface area contributed by atoms with Gasteiger partial charge in [0.2, 0.25) is 0 Å². The summed E-state index contributed by atoms with van der Waals surface area (Å²) in [5.74, 6) is 0. The molecule has 0 aliphatic heterocycles. The maximum Gasteiger partial charge on any atom is 0.115 e. The third-order valence-electron chi connectivity index (χ3n) is 1.86. The summed E-state index contributed by atoms with van der Waals surface area (Å²) >= 11 is 0. The number of quaternary nitrogens is 1. The lowest BCUT2D eigenvalue weighted by atomic mass is 9.92. The summed E-state index contributed by atoms with van der Waals surface area (Å²) in [6.45, 7) is 3.99. The normalized spacial score (nSPS) is 32.1. The average Bonchev–Trinajstić information content (AvgIpc) is 1.96. The molecule has 0 aromatic rings. The lowest BCUT2D eigenvalue weighted by Gasteiger charge is -2.27. The minimum Gasteiger partial charge on any atom is -0.635 e. The van der Waals surface area contributed by atoms with Crippen LogP contribution in [0.4, 0.5) is 0 Å². The van der Waals surface area contributed by atoms with Crippen molar-refractivity contribution >= 4 is 0 Å². The van der Waals surface area contributed by atoms with Crippen molar-refractivity contribution in [3.05, 3.63) is 29.0 Å². The fourth-order valence-corrected chi connectivity index (χ4v) is 0.926. The van der Waals surface area contributed by atoms with Crippen molar-refractivity contribution in [2.24, 2.45) is 0 Å². The molecule has 1 atom stereocenters. The predicted molar refractivity (Wildman–Crippen MR) is 41.2 cm³/mol. The number of hydrogen-bond donors (Lipinski definition) is 1. The third-order valence-corrected chi connectivity index (χ3v) is 1.86. The molecular weight excluding hydrogens is 126 g/mol. The fourth-order valence-electron chi connectivity index (χ4n) is 0.926. The van der Waals surface area contributed by atoms with E-state index in [1.165, 1.54) is 5.57 Å². The van der Waals surface area contributed by atoms with Crippen LogP contribution in [0.15, 0.2) is 23.8 Å². The van der Waals surface area contributed by atoms with E-state index in [2.05, 4.69) is 6.08 Å². The Labute approximate surface area is 61.2 Å². The summed E-state index contributed by atoms with van der Waals surface area (Å²) in [4.78, 5) is 0. The van der Waals surface area contributed by atoms with Crippen molar-refractivity contribution < 1.29 is 5.48 Å². The molecule has 2 nitrogen and oxygen atoms in total. The number of allylic oxidation sites excluding steroid dienone is 2. The van der Waals surface area contributed by atoms with Crippen LogP contribution >= 0.6 is 0 Å². The molecule has 1 unspecified atom stereocenters. The molecule has 0 fully saturated rings. The number of rotatable bonds is 1. The molecule has 0 spiro atoms. The van der Waals surface area contributed by atoms with Crippen LogP contribution in [-0.4, -0.2) is 5.54 Å². The van der Waals surface area contributed by atoms with Gasteiger partial charge in [0, 0.05) is 6.42 Å². The first-order valence-corrected chi connectivity index (χ1v) is 3.49. The van der Waals surface area contributed by atoms with Crippen LogP contribution < -0.4 is 5.48 Å². The average molecular weight is 139 g/mol. The molecule has 0 aromatic carbocycles. The number of nitrogens with two attached hydrogens (primary N) is 1. The summed E-state index contributed by atoms with van der Waals surface area (Å²) in [5.41, 5.74) is 2.02. The van der Waals surface area contributed by atoms with Crippen molar-refractivity contribution in [1.82, 2.24) is 0 Å². The second-order valence-corrected chi connectivity index (χ2v) is 3.11. The van der Waals surface area contributed by atoms with Gasteiger partial charge in [0.05, 0.1) is 0 Å². The van der Waals surface area contributed by atoms with Gasteiger partial charge in [0.15, 0.2) is 0 Å². The second kappa shape index (κ2) is 2.56. The van der Waals surface area contributed by atoms with Crippen LogP contribution in [0.25, 0.3) is 0 Å². The first-order chi connectivity index (χ1) is 4.66. The van der Waals surface area contributed by atoms with Crippen LogP contribution in [0.2, 0.25) is 0 Å². The van der Waals surface area contributed by atoms with Gasteiger partial charge in [0.1, 0.15) is 5.54 Å². The van der Waals surface area contributed by atoms with Gasteiger partial charge < -0.3 is 10.7 Å². The van der Waals surface area contributed by atoms with E-state index in [0.717, 1.165) is 11.9 Å². The lowest BCUT2D eigenvalue weighted by molar-refractivity contribution is -0.652. The van der Waals surface area contributed by atoms with Crippen LogP contribution in [-0.2, 0) is 0 Å². The van der Waals surface area contributed by atoms with E-state index in [1.54, 1.807) is 0 Å². The fraction of sp³-hybridized carbons (Fsp3) is 0.500. The van der Waals surface area contributed by atoms with Gasteiger partial charge >= 0.3 is 0 Å². The zero-order valence-corrected chi connectivity index (χ0v) is 6.42. The highest BCUT2D eigenvalue weighted by Gasteiger charge is 2.21. The molecule has 0 amide bonds. The molecule has 1 aliphatic rings. The summed E-state index contributed by atoms with van der Waals surface area (Å²) < 4.78 is 0. The zero-order chi connectivity index (χ0) is 7.61. The van der Waals surface area contributed by atoms with Crippen molar-refractivity contribution in [2.75, 3.05) is 0 Å². The summed E-state index contributed by atoms with van der Waals surface area (Å²) in [5, 5.41) is 10.5. The molecule has 56 valence electrons. The Bertz CT molecular complexity index is 184. The molecule has 2 N–H and O–H groups in total. The van der Waals surface area contributed by atoms with E-state index in [4.69, 9.17) is 0 Å². The quantitative estimate of drug-likeness (QED) is 0.534. The first-order valence-electron chi connectivity index (χ1n) is 3.49. The van der Waals surface area contributed by atoms with Crippen molar-refractivity contribution in [3.8, 4) is 0 Å². The van der Waals surface area contributed by atoms with E-state index >= 15 is 0 Å². The van der Waals surface area contributed by atoms with Crippen LogP contribution in [0.1, 0.15) is 20.3 Å². The van der Waals surface area contributed by atoms with Crippen LogP contribution in [0.5, 0.6) is 0 Å². The predicted octanol–water partition coefficient (Wildman–Crippen LogP) is 0.713. The SMILES string of the molecule is CC1=CCC(C)([NH2+][O-])C=C1. The topological polar surface area (TPSA) is 39.7 Å². The maximum atomic E-state index is 10.5. The zero-order valence-electron chi connectivity index (χ0n) is 6.42. The van der Waals surface area contributed by atoms with Gasteiger partial charge in [-0.2, -0.15) is 0 Å². The lowest BCUT2D eigenvalue weighted by Crippen LogP contribution is -2.90. The Morgan fingerprint density at radius 1 is 1.70 bits per heavy atom. The van der Waals surface area contributed by atoms with Gasteiger partial charge in [-0.3, -0.25) is 0 Å². The smallest absolute Gasteiger partial charge is 0.115 e. The van der Waals surface area contributed by atoms with E-state index in [1.807, 2.05) is 26.0 Å². The monoisotopic (exact) mass is 139 g/mol. The summed E-state index contributed by atoms with van der Waals surface area (Å²) in [6, 6.07) is 0. The molecule has 0 saturated carbocycles. The van der Waals surface area contributed by atoms with Crippen LogP contribution in [0, 0.1) is 5.21 Å².